The minimum atomic E-state index is -5.95. The third-order valence-corrected chi connectivity index (χ3v) is 4.16. The number of nitrogens with one attached hydrogen (secondary N) is 1. The Hall–Kier alpha value is -2.91. The summed E-state index contributed by atoms with van der Waals surface area (Å²) in [6.07, 6.45) is -4.16. The first kappa shape index (κ1) is 19.8. The summed E-state index contributed by atoms with van der Waals surface area (Å²) in [5.74, 6) is -7.60. The molecule has 148 valence electrons. The lowest BCUT2D eigenvalue weighted by Crippen LogP contribution is -2.34. The Morgan fingerprint density at radius 1 is 1.07 bits per heavy atom. The number of carbonyl (C=O) groups is 2. The van der Waals surface area contributed by atoms with E-state index in [1.807, 2.05) is 0 Å². The average molecular weight is 402 g/mol. The second kappa shape index (κ2) is 6.92. The predicted molar refractivity (Wildman–Crippen MR) is 86.3 cm³/mol. The Morgan fingerprint density at radius 3 is 2.29 bits per heavy atom. The van der Waals surface area contributed by atoms with E-state index in [0.717, 1.165) is 6.07 Å². The molecule has 1 amide bonds. The number of anilines is 1. The lowest BCUT2D eigenvalue weighted by atomic mass is 10.0. The van der Waals surface area contributed by atoms with E-state index in [2.05, 4.69) is 10.3 Å². The highest BCUT2D eigenvalue weighted by atomic mass is 19.4. The maximum Gasteiger partial charge on any atom is 0.458 e. The van der Waals surface area contributed by atoms with Crippen molar-refractivity contribution in [3.05, 3.63) is 47.4 Å². The van der Waals surface area contributed by atoms with Crippen molar-refractivity contribution in [3.63, 3.8) is 0 Å². The quantitative estimate of drug-likeness (QED) is 0.583. The molecule has 1 N–H and O–H groups in total. The Bertz CT molecular complexity index is 938. The molecule has 0 unspecified atom stereocenters. The smallest absolute Gasteiger partial charge is 0.310 e. The molecule has 1 fully saturated rings. The van der Waals surface area contributed by atoms with Gasteiger partial charge in [-0.15, -0.1) is 0 Å². The van der Waals surface area contributed by atoms with Gasteiger partial charge in [0.25, 0.3) is 0 Å². The van der Waals surface area contributed by atoms with Crippen molar-refractivity contribution in [2.75, 3.05) is 5.32 Å². The molecule has 0 radical (unpaired) electrons. The van der Waals surface area contributed by atoms with Gasteiger partial charge >= 0.3 is 12.1 Å². The number of pyridine rings is 1. The topological polar surface area (TPSA) is 59.1 Å². The van der Waals surface area contributed by atoms with Gasteiger partial charge in [0.1, 0.15) is 17.3 Å². The molecule has 1 aliphatic carbocycles. The highest BCUT2D eigenvalue weighted by molar-refractivity contribution is 5.94. The first-order valence-electron chi connectivity index (χ1n) is 8.06. The van der Waals surface area contributed by atoms with E-state index in [0.29, 0.717) is 31.3 Å². The van der Waals surface area contributed by atoms with Gasteiger partial charge in [0, 0.05) is 5.92 Å². The summed E-state index contributed by atoms with van der Waals surface area (Å²) in [6.45, 7) is 0. The Balaban J connectivity index is 1.97. The van der Waals surface area contributed by atoms with Crippen molar-refractivity contribution >= 4 is 18.0 Å². The summed E-state index contributed by atoms with van der Waals surface area (Å²) in [5.41, 5.74) is -1.89. The van der Waals surface area contributed by atoms with E-state index in [1.54, 1.807) is 0 Å². The first-order chi connectivity index (χ1) is 13.0. The molecule has 0 saturated heterocycles. The lowest BCUT2D eigenvalue weighted by molar-refractivity contribution is -0.290. The molecule has 0 spiro atoms. The molecule has 0 bridgehead atoms. The van der Waals surface area contributed by atoms with Crippen LogP contribution in [0.4, 0.5) is 32.2 Å². The van der Waals surface area contributed by atoms with Crippen LogP contribution in [0.2, 0.25) is 0 Å². The molecule has 1 heterocycles. The number of benzene rings is 1. The van der Waals surface area contributed by atoms with Crippen LogP contribution < -0.4 is 5.32 Å². The molecule has 0 atom stereocenters. The molecule has 0 aliphatic heterocycles. The van der Waals surface area contributed by atoms with Gasteiger partial charge in [0.2, 0.25) is 5.91 Å². The van der Waals surface area contributed by atoms with Crippen LogP contribution in [-0.2, 0) is 10.7 Å². The highest BCUT2D eigenvalue weighted by Crippen LogP contribution is 2.45. The fourth-order valence-corrected chi connectivity index (χ4v) is 2.52. The molecule has 1 aromatic heterocycles. The largest absolute Gasteiger partial charge is 0.458 e. The van der Waals surface area contributed by atoms with Crippen molar-refractivity contribution < 1.29 is 35.9 Å². The summed E-state index contributed by atoms with van der Waals surface area (Å²) in [7, 11) is 0. The number of nitrogens with zero attached hydrogens (tertiary/aromatic N) is 1. The van der Waals surface area contributed by atoms with Crippen LogP contribution in [0.5, 0.6) is 0 Å². The van der Waals surface area contributed by atoms with Crippen LogP contribution in [0.15, 0.2) is 30.3 Å². The monoisotopic (exact) mass is 402 g/mol. The highest BCUT2D eigenvalue weighted by Gasteiger charge is 2.59. The van der Waals surface area contributed by atoms with Crippen molar-refractivity contribution in [1.29, 1.82) is 0 Å². The van der Waals surface area contributed by atoms with Gasteiger partial charge in [0.05, 0.1) is 5.56 Å². The standard InChI is InChI=1S/C18H12F6N2O2/c19-14-6-10(3-4-13(14)17(20,21)18(22,23)24)11-5-12(8-27)25-15(7-11)26-16(28)9-1-2-9/h3-9H,1-2H2,(H,25,26,28). The molecule has 28 heavy (non-hydrogen) atoms. The Labute approximate surface area is 154 Å². The van der Waals surface area contributed by atoms with Crippen LogP contribution in [0.1, 0.15) is 28.9 Å². The fraction of sp³-hybridized carbons (Fsp3) is 0.278. The normalized spacial score (nSPS) is 14.6. The third kappa shape index (κ3) is 3.85. The molecule has 1 saturated carbocycles. The number of aldehydes is 1. The first-order valence-corrected chi connectivity index (χ1v) is 8.06. The van der Waals surface area contributed by atoms with Gasteiger partial charge < -0.3 is 5.32 Å². The van der Waals surface area contributed by atoms with E-state index in [9.17, 15) is 35.9 Å². The van der Waals surface area contributed by atoms with Crippen LogP contribution in [-0.4, -0.2) is 23.4 Å². The van der Waals surface area contributed by atoms with Crippen LogP contribution in [0.3, 0.4) is 0 Å². The van der Waals surface area contributed by atoms with Crippen LogP contribution in [0.25, 0.3) is 11.1 Å². The second-order valence-corrected chi connectivity index (χ2v) is 6.31. The summed E-state index contributed by atoms with van der Waals surface area (Å²) >= 11 is 0. The number of rotatable bonds is 5. The van der Waals surface area contributed by atoms with Gasteiger partial charge in [-0.05, 0) is 48.2 Å². The maximum atomic E-state index is 14.0. The van der Waals surface area contributed by atoms with Crippen molar-refractivity contribution in [1.82, 2.24) is 4.98 Å². The lowest BCUT2D eigenvalue weighted by Gasteiger charge is -2.20. The molecule has 4 nitrogen and oxygen atoms in total. The fourth-order valence-electron chi connectivity index (χ4n) is 2.52. The zero-order chi connectivity index (χ0) is 20.7. The summed E-state index contributed by atoms with van der Waals surface area (Å²) in [6, 6.07) is 4.17. The molecule has 1 aliphatic rings. The average Bonchev–Trinajstić information content (AvgIpc) is 3.45. The number of hydrogen-bond donors (Lipinski definition) is 1. The number of carbonyl (C=O) groups excluding carboxylic acids is 2. The number of hydrogen-bond acceptors (Lipinski definition) is 3. The van der Waals surface area contributed by atoms with E-state index in [4.69, 9.17) is 0 Å². The van der Waals surface area contributed by atoms with E-state index >= 15 is 0 Å². The zero-order valence-electron chi connectivity index (χ0n) is 14.0. The molecule has 1 aromatic carbocycles. The number of alkyl halides is 5. The Kier molecular flexibility index (Phi) is 4.90. The minimum absolute atomic E-state index is 0.0124. The number of halogens is 6. The second-order valence-electron chi connectivity index (χ2n) is 6.31. The zero-order valence-corrected chi connectivity index (χ0v) is 14.0. The van der Waals surface area contributed by atoms with Gasteiger partial charge in [-0.3, -0.25) is 9.59 Å². The predicted octanol–water partition coefficient (Wildman–Crippen LogP) is 4.70. The van der Waals surface area contributed by atoms with Gasteiger partial charge in [0.15, 0.2) is 6.29 Å². The SMILES string of the molecule is O=Cc1cc(-c2ccc(C(F)(F)C(F)(F)F)c(F)c2)cc(NC(=O)C2CC2)n1. The molecule has 10 heteroatoms. The third-order valence-electron chi connectivity index (χ3n) is 4.16. The minimum Gasteiger partial charge on any atom is -0.310 e. The van der Waals surface area contributed by atoms with E-state index in [-0.39, 0.29) is 34.5 Å². The van der Waals surface area contributed by atoms with Gasteiger partial charge in [-0.25, -0.2) is 9.37 Å². The van der Waals surface area contributed by atoms with Crippen molar-refractivity contribution in [3.8, 4) is 11.1 Å². The van der Waals surface area contributed by atoms with Crippen molar-refractivity contribution in [2.24, 2.45) is 5.92 Å². The van der Waals surface area contributed by atoms with Crippen LogP contribution >= 0.6 is 0 Å². The molecular weight excluding hydrogens is 390 g/mol. The summed E-state index contributed by atoms with van der Waals surface area (Å²) < 4.78 is 78.2. The van der Waals surface area contributed by atoms with E-state index in [1.165, 1.54) is 12.1 Å². The maximum absolute atomic E-state index is 14.0. The van der Waals surface area contributed by atoms with E-state index < -0.39 is 23.5 Å². The Morgan fingerprint density at radius 2 is 1.75 bits per heavy atom. The number of aromatic nitrogens is 1. The molecule has 3 rings (SSSR count). The molecule has 2 aromatic rings. The summed E-state index contributed by atoms with van der Waals surface area (Å²) in [5, 5.41) is 2.49. The van der Waals surface area contributed by atoms with Gasteiger partial charge in [-0.2, -0.15) is 22.0 Å². The molecular formula is C18H12F6N2O2. The van der Waals surface area contributed by atoms with Crippen LogP contribution in [0, 0.1) is 11.7 Å². The summed E-state index contributed by atoms with van der Waals surface area (Å²) in [4.78, 5) is 26.8. The number of amides is 1. The van der Waals surface area contributed by atoms with Gasteiger partial charge in [-0.1, -0.05) is 6.07 Å². The van der Waals surface area contributed by atoms with Crippen molar-refractivity contribution in [2.45, 2.75) is 24.9 Å².